The van der Waals surface area contributed by atoms with Gasteiger partial charge in [0, 0.05) is 57.4 Å². The number of likely N-dealkylation sites (N-methyl/N-ethyl adjacent to an activating group) is 2. The Bertz CT molecular complexity index is 1120. The molecule has 2 aliphatic heterocycles. The van der Waals surface area contributed by atoms with Crippen LogP contribution < -0.4 is 40.1 Å². The lowest BCUT2D eigenvalue weighted by Gasteiger charge is -2.47. The van der Waals surface area contributed by atoms with Crippen molar-refractivity contribution in [1.82, 2.24) is 9.80 Å². The summed E-state index contributed by atoms with van der Waals surface area (Å²) < 4.78 is 35.6. The van der Waals surface area contributed by atoms with E-state index in [-0.39, 0.29) is 51.7 Å². The van der Waals surface area contributed by atoms with Gasteiger partial charge in [0.05, 0.1) is 49.7 Å². The van der Waals surface area contributed by atoms with Crippen molar-refractivity contribution in [2.24, 2.45) is 46.1 Å². The molecule has 4 aliphatic rings. The smallest absolute Gasteiger partial charge is 0.176 e. The van der Waals surface area contributed by atoms with Crippen LogP contribution in [0.4, 0.5) is 0 Å². The Labute approximate surface area is 339 Å². The van der Waals surface area contributed by atoms with E-state index in [0.717, 1.165) is 0 Å². The molecule has 0 aromatic rings. The zero-order valence-corrected chi connectivity index (χ0v) is 33.7. The second-order valence-electron chi connectivity index (χ2n) is 16.7. The normalized spacial score (nSPS) is 45.1. The van der Waals surface area contributed by atoms with Gasteiger partial charge in [-0.2, -0.15) is 0 Å². The number of rotatable bonds is 19. The predicted molar refractivity (Wildman–Crippen MR) is 206 cm³/mol. The van der Waals surface area contributed by atoms with Gasteiger partial charge in [0.25, 0.3) is 0 Å². The van der Waals surface area contributed by atoms with Crippen molar-refractivity contribution in [2.45, 2.75) is 148 Å². The number of nitrogens with two attached hydrogens (primary N) is 7. The Morgan fingerprint density at radius 3 is 1.38 bits per heavy atom. The van der Waals surface area contributed by atoms with E-state index in [0.29, 0.717) is 19.5 Å². The van der Waals surface area contributed by atoms with Crippen molar-refractivity contribution < 1.29 is 69.3 Å². The molecular weight excluding hydrogens is 770 g/mol. The highest BCUT2D eigenvalue weighted by atomic mass is 16.7. The molecule has 23 heteroatoms. The maximum atomic E-state index is 11.1. The highest BCUT2D eigenvalue weighted by Gasteiger charge is 2.50. The van der Waals surface area contributed by atoms with Crippen LogP contribution in [0.25, 0.3) is 0 Å². The Morgan fingerprint density at radius 1 is 0.569 bits per heavy atom. The van der Waals surface area contributed by atoms with Gasteiger partial charge in [-0.1, -0.05) is 6.92 Å². The van der Waals surface area contributed by atoms with Gasteiger partial charge in [0.2, 0.25) is 0 Å². The highest BCUT2D eigenvalue weighted by Crippen LogP contribution is 2.32. The van der Waals surface area contributed by atoms with Crippen LogP contribution in [0.15, 0.2) is 0 Å². The van der Waals surface area contributed by atoms with Crippen LogP contribution in [-0.4, -0.2) is 245 Å². The Balaban J connectivity index is 1.23. The van der Waals surface area contributed by atoms with Gasteiger partial charge in [-0.05, 0) is 32.9 Å². The highest BCUT2D eigenvalue weighted by molar-refractivity contribution is 5.01. The third-order valence-electron chi connectivity index (χ3n) is 11.8. The standard InChI is InChI=1S/C35H73N9O14/c1-14-6-18(39)30(57-34-22(41)28(51)26(49)20(8-36)55-34)32(24(14)47)53-12-15(45)10-43(2)4-5-44(3)11-16(46)13-54-33-25(48)17(38)7-19(40)31(33)58-35-23(42)29(52)27(50)21(9-37)56-35/h14-35,45-52H,4-13,36-42H2,1-3H3. The molecule has 0 amide bonds. The SMILES string of the molecule is CC1CC(N)C(OC2OC(CN)C(O)C(O)C2N)C(OCC(O)CN(C)CCN(C)CC(O)COC2C(O)C(N)CC(N)C2OC2OC(CN)C(O)C(O)C2N)C1O. The largest absolute Gasteiger partial charge is 0.390 e. The summed E-state index contributed by atoms with van der Waals surface area (Å²) in [5.41, 5.74) is 42.5. The predicted octanol–water partition coefficient (Wildman–Crippen LogP) is -9.27. The summed E-state index contributed by atoms with van der Waals surface area (Å²) >= 11 is 0. The monoisotopic (exact) mass is 844 g/mol. The summed E-state index contributed by atoms with van der Waals surface area (Å²) in [6.07, 6.45) is -17.2. The molecule has 4 rings (SSSR count). The summed E-state index contributed by atoms with van der Waals surface area (Å²) in [6.45, 7) is 2.60. The van der Waals surface area contributed by atoms with Gasteiger partial charge < -0.3 is 119 Å². The molecule has 2 heterocycles. The minimum atomic E-state index is -1.39. The molecular formula is C35H73N9O14. The average Bonchev–Trinajstić information content (AvgIpc) is 3.17. The lowest BCUT2D eigenvalue weighted by molar-refractivity contribution is -0.293. The molecule has 0 aromatic heterocycles. The molecule has 23 nitrogen and oxygen atoms in total. The zero-order chi connectivity index (χ0) is 43.2. The van der Waals surface area contributed by atoms with E-state index in [4.69, 9.17) is 68.6 Å². The van der Waals surface area contributed by atoms with E-state index in [1.54, 1.807) is 14.1 Å². The first-order valence-electron chi connectivity index (χ1n) is 20.1. The van der Waals surface area contributed by atoms with Crippen molar-refractivity contribution in [2.75, 3.05) is 66.6 Å². The average molecular weight is 844 g/mol. The van der Waals surface area contributed by atoms with Crippen LogP contribution >= 0.6 is 0 Å². The van der Waals surface area contributed by atoms with Crippen LogP contribution in [-0.2, 0) is 28.4 Å². The van der Waals surface area contributed by atoms with Crippen molar-refractivity contribution >= 4 is 0 Å². The van der Waals surface area contributed by atoms with E-state index >= 15 is 0 Å². The molecule has 2 saturated carbocycles. The molecule has 0 spiro atoms. The zero-order valence-electron chi connectivity index (χ0n) is 33.7. The van der Waals surface area contributed by atoms with Gasteiger partial charge in [0.1, 0.15) is 61.0 Å². The van der Waals surface area contributed by atoms with Crippen molar-refractivity contribution in [3.63, 3.8) is 0 Å². The van der Waals surface area contributed by atoms with E-state index in [1.165, 1.54) is 0 Å². The van der Waals surface area contributed by atoms with Crippen molar-refractivity contribution in [3.05, 3.63) is 0 Å². The maximum Gasteiger partial charge on any atom is 0.176 e. The Morgan fingerprint density at radius 2 is 0.966 bits per heavy atom. The Hall–Kier alpha value is -0.920. The molecule has 2 aliphatic carbocycles. The molecule has 0 radical (unpaired) electrons. The van der Waals surface area contributed by atoms with Gasteiger partial charge in [-0.15, -0.1) is 0 Å². The van der Waals surface area contributed by atoms with Gasteiger partial charge in [-0.25, -0.2) is 0 Å². The van der Waals surface area contributed by atoms with Gasteiger partial charge in [-0.3, -0.25) is 0 Å². The summed E-state index contributed by atoms with van der Waals surface area (Å²) in [5, 5.41) is 85.1. The number of aliphatic hydroxyl groups is 8. The van der Waals surface area contributed by atoms with Crippen molar-refractivity contribution in [1.29, 1.82) is 0 Å². The van der Waals surface area contributed by atoms with Crippen LogP contribution in [0.1, 0.15) is 19.8 Å². The third kappa shape index (κ3) is 12.4. The van der Waals surface area contributed by atoms with E-state index in [2.05, 4.69) is 0 Å². The summed E-state index contributed by atoms with van der Waals surface area (Å²) in [4.78, 5) is 3.73. The molecule has 58 heavy (non-hydrogen) atoms. The summed E-state index contributed by atoms with van der Waals surface area (Å²) in [7, 11) is 3.60. The molecule has 22 unspecified atom stereocenters. The molecule has 2 saturated heterocycles. The van der Waals surface area contributed by atoms with Gasteiger partial charge in [0.15, 0.2) is 12.6 Å². The Kier molecular flexibility index (Phi) is 19.2. The first-order chi connectivity index (χ1) is 27.3. The second kappa shape index (κ2) is 22.4. The fraction of sp³-hybridized carbons (Fsp3) is 1.00. The summed E-state index contributed by atoms with van der Waals surface area (Å²) in [6, 6.07) is -4.33. The first-order valence-corrected chi connectivity index (χ1v) is 20.1. The number of nitrogens with zero attached hydrogens (tertiary/aromatic N) is 2. The second-order valence-corrected chi connectivity index (χ2v) is 16.7. The summed E-state index contributed by atoms with van der Waals surface area (Å²) in [5.74, 6) is -0.246. The molecule has 22 N–H and O–H groups in total. The third-order valence-corrected chi connectivity index (χ3v) is 11.8. The number of hydrogen-bond acceptors (Lipinski definition) is 23. The van der Waals surface area contributed by atoms with Crippen LogP contribution in [0.2, 0.25) is 0 Å². The minimum absolute atomic E-state index is 0.0934. The van der Waals surface area contributed by atoms with Crippen molar-refractivity contribution in [3.8, 4) is 0 Å². The first kappa shape index (κ1) is 49.7. The number of ether oxygens (including phenoxy) is 6. The lowest BCUT2D eigenvalue weighted by atomic mass is 9.80. The van der Waals surface area contributed by atoms with E-state index < -0.39 is 128 Å². The maximum absolute atomic E-state index is 11.1. The van der Waals surface area contributed by atoms with Crippen LogP contribution in [0, 0.1) is 5.92 Å². The number of aliphatic hydroxyl groups excluding tert-OH is 8. The topological polar surface area (TPSA) is 406 Å². The van der Waals surface area contributed by atoms with Crippen LogP contribution in [0.5, 0.6) is 0 Å². The molecule has 342 valence electrons. The fourth-order valence-corrected chi connectivity index (χ4v) is 8.12. The molecule has 0 bridgehead atoms. The quantitative estimate of drug-likeness (QED) is 0.0574. The molecule has 0 aromatic carbocycles. The van der Waals surface area contributed by atoms with Gasteiger partial charge >= 0.3 is 0 Å². The van der Waals surface area contributed by atoms with E-state index in [1.807, 2.05) is 16.7 Å². The van der Waals surface area contributed by atoms with E-state index in [9.17, 15) is 40.9 Å². The number of hydrogen-bond donors (Lipinski definition) is 15. The lowest BCUT2D eigenvalue weighted by Crippen LogP contribution is -2.68. The van der Waals surface area contributed by atoms with Crippen LogP contribution in [0.3, 0.4) is 0 Å². The molecule has 4 fully saturated rings. The fourth-order valence-electron chi connectivity index (χ4n) is 8.12. The molecule has 22 atom stereocenters. The minimum Gasteiger partial charge on any atom is -0.390 e.